The van der Waals surface area contributed by atoms with Gasteiger partial charge in [0.25, 0.3) is 0 Å². The second kappa shape index (κ2) is 8.76. The maximum Gasteiger partial charge on any atom is 0.417 e. The number of aryl methyl sites for hydroxylation is 1. The summed E-state index contributed by atoms with van der Waals surface area (Å²) in [5.41, 5.74) is 2.59. The number of nitrogens with zero attached hydrogens (tertiary/aromatic N) is 1. The third-order valence-corrected chi connectivity index (χ3v) is 5.21. The monoisotopic (exact) mass is 434 g/mol. The second-order valence-corrected chi connectivity index (χ2v) is 7.06. The number of carbonyl (C=O) groups excluding carboxylic acids is 2. The molecular weight excluding hydrogens is 415 g/mol. The molecule has 0 saturated heterocycles. The SMILES string of the molecule is CCOC(=O)c1c(C)n(CC)c2ccc(OC(=O)Nc3ccc(Cl)c(Cl)c3)cc12. The first-order valence-electron chi connectivity index (χ1n) is 9.09. The molecule has 6 nitrogen and oxygen atoms in total. The minimum absolute atomic E-state index is 0.277. The standard InChI is InChI=1S/C21H20Cl2N2O4/c1-4-25-12(3)19(20(26)28-5-2)15-11-14(7-9-18(15)25)29-21(27)24-13-6-8-16(22)17(23)10-13/h6-11H,4-5H2,1-3H3,(H,24,27). The van der Waals surface area contributed by atoms with Crippen LogP contribution in [0.4, 0.5) is 10.5 Å². The van der Waals surface area contributed by atoms with Crippen LogP contribution in [0.25, 0.3) is 10.9 Å². The number of ether oxygens (including phenoxy) is 2. The largest absolute Gasteiger partial charge is 0.462 e. The summed E-state index contributed by atoms with van der Waals surface area (Å²) in [6.07, 6.45) is -0.688. The lowest BCUT2D eigenvalue weighted by atomic mass is 10.1. The zero-order valence-corrected chi connectivity index (χ0v) is 17.7. The van der Waals surface area contributed by atoms with Crippen LogP contribution in [-0.4, -0.2) is 23.2 Å². The fourth-order valence-electron chi connectivity index (χ4n) is 3.22. The second-order valence-electron chi connectivity index (χ2n) is 6.25. The molecule has 0 aliphatic carbocycles. The number of nitrogens with one attached hydrogen (secondary N) is 1. The Bertz CT molecular complexity index is 1090. The van der Waals surface area contributed by atoms with Gasteiger partial charge in [0.05, 0.1) is 22.2 Å². The molecule has 3 rings (SSSR count). The van der Waals surface area contributed by atoms with Crippen LogP contribution >= 0.6 is 23.2 Å². The first kappa shape index (κ1) is 21.0. The van der Waals surface area contributed by atoms with Gasteiger partial charge >= 0.3 is 12.1 Å². The lowest BCUT2D eigenvalue weighted by Gasteiger charge is -2.08. The first-order chi connectivity index (χ1) is 13.8. The van der Waals surface area contributed by atoms with Crippen LogP contribution in [0.5, 0.6) is 5.75 Å². The number of hydrogen-bond acceptors (Lipinski definition) is 4. The molecule has 1 aromatic heterocycles. The number of halogens is 2. The number of anilines is 1. The molecule has 1 heterocycles. The highest BCUT2D eigenvalue weighted by molar-refractivity contribution is 6.42. The van der Waals surface area contributed by atoms with Gasteiger partial charge in [-0.25, -0.2) is 9.59 Å². The highest BCUT2D eigenvalue weighted by atomic mass is 35.5. The van der Waals surface area contributed by atoms with Crippen molar-refractivity contribution in [3.8, 4) is 5.75 Å². The molecular formula is C21H20Cl2N2O4. The van der Waals surface area contributed by atoms with Gasteiger partial charge in [0.1, 0.15) is 5.75 Å². The minimum Gasteiger partial charge on any atom is -0.462 e. The average molecular weight is 435 g/mol. The van der Waals surface area contributed by atoms with Crippen LogP contribution in [0.2, 0.25) is 10.0 Å². The quantitative estimate of drug-likeness (QED) is 0.495. The van der Waals surface area contributed by atoms with E-state index in [1.54, 1.807) is 31.2 Å². The van der Waals surface area contributed by atoms with E-state index in [0.717, 1.165) is 11.2 Å². The number of hydrogen-bond donors (Lipinski definition) is 1. The molecule has 0 bridgehead atoms. The summed E-state index contributed by atoms with van der Waals surface area (Å²) in [6, 6.07) is 9.87. The molecule has 0 atom stereocenters. The fraction of sp³-hybridized carbons (Fsp3) is 0.238. The van der Waals surface area contributed by atoms with E-state index < -0.39 is 12.1 Å². The van der Waals surface area contributed by atoms with Crippen LogP contribution in [-0.2, 0) is 11.3 Å². The zero-order chi connectivity index (χ0) is 21.1. The van der Waals surface area contributed by atoms with Crippen molar-refractivity contribution in [1.29, 1.82) is 0 Å². The molecule has 0 aliphatic rings. The van der Waals surface area contributed by atoms with Gasteiger partial charge in [-0.05, 0) is 57.2 Å². The first-order valence-corrected chi connectivity index (χ1v) is 9.85. The molecule has 0 fully saturated rings. The Kier molecular flexibility index (Phi) is 6.35. The van der Waals surface area contributed by atoms with Gasteiger partial charge in [0.2, 0.25) is 0 Å². The van der Waals surface area contributed by atoms with Crippen LogP contribution in [0.15, 0.2) is 36.4 Å². The van der Waals surface area contributed by atoms with Crippen molar-refractivity contribution in [3.05, 3.63) is 57.7 Å². The zero-order valence-electron chi connectivity index (χ0n) is 16.2. The predicted octanol–water partition coefficient (Wildman–Crippen LogP) is 6.06. The van der Waals surface area contributed by atoms with E-state index in [1.165, 1.54) is 6.07 Å². The summed E-state index contributed by atoms with van der Waals surface area (Å²) in [5.74, 6) is -0.103. The molecule has 1 amide bonds. The number of aromatic nitrogens is 1. The van der Waals surface area contributed by atoms with Crippen molar-refractivity contribution >= 4 is 51.9 Å². The van der Waals surface area contributed by atoms with Gasteiger partial charge in [0.15, 0.2) is 0 Å². The lowest BCUT2D eigenvalue weighted by molar-refractivity contribution is 0.0527. The Morgan fingerprint density at radius 2 is 1.83 bits per heavy atom. The average Bonchev–Trinajstić information content (AvgIpc) is 2.95. The molecule has 0 unspecified atom stereocenters. The topological polar surface area (TPSA) is 69.6 Å². The normalized spacial score (nSPS) is 10.8. The summed E-state index contributed by atoms with van der Waals surface area (Å²) in [5, 5.41) is 3.97. The molecule has 152 valence electrons. The van der Waals surface area contributed by atoms with Crippen molar-refractivity contribution < 1.29 is 19.1 Å². The maximum absolute atomic E-state index is 12.5. The van der Waals surface area contributed by atoms with Gasteiger partial charge < -0.3 is 14.0 Å². The minimum atomic E-state index is -0.688. The third kappa shape index (κ3) is 4.33. The fourth-order valence-corrected chi connectivity index (χ4v) is 3.52. The van der Waals surface area contributed by atoms with E-state index in [0.29, 0.717) is 39.0 Å². The summed E-state index contributed by atoms with van der Waals surface area (Å²) < 4.78 is 12.6. The van der Waals surface area contributed by atoms with Crippen molar-refractivity contribution in [3.63, 3.8) is 0 Å². The van der Waals surface area contributed by atoms with Gasteiger partial charge in [-0.15, -0.1) is 0 Å². The number of fused-ring (bicyclic) bond motifs is 1. The lowest BCUT2D eigenvalue weighted by Crippen LogP contribution is -2.16. The summed E-state index contributed by atoms with van der Waals surface area (Å²) in [7, 11) is 0. The van der Waals surface area contributed by atoms with E-state index in [2.05, 4.69) is 5.32 Å². The molecule has 3 aromatic rings. The Morgan fingerprint density at radius 3 is 2.48 bits per heavy atom. The van der Waals surface area contributed by atoms with E-state index in [-0.39, 0.29) is 6.61 Å². The number of esters is 1. The molecule has 1 N–H and O–H groups in total. The molecule has 2 aromatic carbocycles. The Hall–Kier alpha value is -2.70. The molecule has 0 aliphatic heterocycles. The van der Waals surface area contributed by atoms with E-state index in [9.17, 15) is 9.59 Å². The van der Waals surface area contributed by atoms with E-state index >= 15 is 0 Å². The van der Waals surface area contributed by atoms with Gasteiger partial charge in [-0.2, -0.15) is 0 Å². The predicted molar refractivity (Wildman–Crippen MR) is 114 cm³/mol. The van der Waals surface area contributed by atoms with Crippen LogP contribution in [0, 0.1) is 6.92 Å². The van der Waals surface area contributed by atoms with Gasteiger partial charge in [0, 0.05) is 28.8 Å². The van der Waals surface area contributed by atoms with Gasteiger partial charge in [-0.1, -0.05) is 23.2 Å². The van der Waals surface area contributed by atoms with E-state index in [4.69, 9.17) is 32.7 Å². The molecule has 8 heteroatoms. The van der Waals surface area contributed by atoms with Crippen molar-refractivity contribution in [2.24, 2.45) is 0 Å². The smallest absolute Gasteiger partial charge is 0.417 e. The summed E-state index contributed by atoms with van der Waals surface area (Å²) in [6.45, 7) is 6.59. The summed E-state index contributed by atoms with van der Waals surface area (Å²) >= 11 is 11.8. The van der Waals surface area contributed by atoms with Crippen molar-refractivity contribution in [1.82, 2.24) is 4.57 Å². The van der Waals surface area contributed by atoms with Crippen molar-refractivity contribution in [2.75, 3.05) is 11.9 Å². The highest BCUT2D eigenvalue weighted by Gasteiger charge is 2.21. The number of rotatable bonds is 5. The molecule has 0 saturated carbocycles. The number of carbonyl (C=O) groups is 2. The van der Waals surface area contributed by atoms with Crippen LogP contribution < -0.4 is 10.1 Å². The Morgan fingerprint density at radius 1 is 1.07 bits per heavy atom. The summed E-state index contributed by atoms with van der Waals surface area (Å²) in [4.78, 5) is 24.7. The van der Waals surface area contributed by atoms with Crippen LogP contribution in [0.3, 0.4) is 0 Å². The molecule has 0 radical (unpaired) electrons. The molecule has 0 spiro atoms. The van der Waals surface area contributed by atoms with Crippen molar-refractivity contribution in [2.45, 2.75) is 27.3 Å². The molecule has 29 heavy (non-hydrogen) atoms. The Balaban J connectivity index is 1.90. The van der Waals surface area contributed by atoms with Crippen LogP contribution in [0.1, 0.15) is 29.9 Å². The van der Waals surface area contributed by atoms with Gasteiger partial charge in [-0.3, -0.25) is 5.32 Å². The highest BCUT2D eigenvalue weighted by Crippen LogP contribution is 2.30. The number of amides is 1. The Labute approximate surface area is 178 Å². The number of benzene rings is 2. The third-order valence-electron chi connectivity index (χ3n) is 4.47. The van der Waals surface area contributed by atoms with E-state index in [1.807, 2.05) is 24.5 Å². The maximum atomic E-state index is 12.5.